The maximum atomic E-state index is 11.7. The second-order valence-corrected chi connectivity index (χ2v) is 3.62. The van der Waals surface area contributed by atoms with Gasteiger partial charge in [0.05, 0.1) is 0 Å². The predicted octanol–water partition coefficient (Wildman–Crippen LogP) is 1.80. The first-order valence-corrected chi connectivity index (χ1v) is 5.57. The minimum atomic E-state index is 0.183. The molecule has 0 heterocycles. The second-order valence-electron chi connectivity index (χ2n) is 3.62. The molecule has 1 atom stereocenters. The van der Waals surface area contributed by atoms with Gasteiger partial charge in [-0.2, -0.15) is 0 Å². The summed E-state index contributed by atoms with van der Waals surface area (Å²) in [5, 5.41) is 8.61. The third-order valence-electron chi connectivity index (χ3n) is 2.58. The lowest BCUT2D eigenvalue weighted by Crippen LogP contribution is -2.37. The Kier molecular flexibility index (Phi) is 7.48. The molecule has 1 amide bonds. The largest absolute Gasteiger partial charge is 0.396 e. The molecule has 0 rings (SSSR count). The fourth-order valence-corrected chi connectivity index (χ4v) is 1.49. The topological polar surface area (TPSA) is 40.5 Å². The number of aliphatic hydroxyl groups is 1. The number of unbranched alkanes of at least 4 members (excludes halogenated alkanes) is 1. The van der Waals surface area contributed by atoms with Crippen LogP contribution in [-0.2, 0) is 4.79 Å². The molecule has 0 aliphatic heterocycles. The lowest BCUT2D eigenvalue weighted by Gasteiger charge is -2.27. The fraction of sp³-hybridized carbons (Fsp3) is 0.909. The molecule has 84 valence electrons. The smallest absolute Gasteiger partial charge is 0.222 e. The molecule has 0 aliphatic rings. The van der Waals surface area contributed by atoms with Crippen molar-refractivity contribution in [2.45, 2.75) is 52.5 Å². The molecule has 0 aromatic rings. The summed E-state index contributed by atoms with van der Waals surface area (Å²) in [6.45, 7) is 7.15. The normalized spacial score (nSPS) is 12.6. The molecule has 0 aromatic heterocycles. The van der Waals surface area contributed by atoms with Crippen molar-refractivity contribution in [2.75, 3.05) is 13.2 Å². The highest BCUT2D eigenvalue weighted by molar-refractivity contribution is 5.76. The lowest BCUT2D eigenvalue weighted by atomic mass is 10.1. The van der Waals surface area contributed by atoms with Gasteiger partial charge in [-0.05, 0) is 33.1 Å². The number of carbonyl (C=O) groups excluding carboxylic acids is 1. The number of rotatable bonds is 7. The Morgan fingerprint density at radius 2 is 2.00 bits per heavy atom. The summed E-state index contributed by atoms with van der Waals surface area (Å²) in [5.74, 6) is 0.218. The van der Waals surface area contributed by atoms with Crippen LogP contribution >= 0.6 is 0 Å². The van der Waals surface area contributed by atoms with Crippen LogP contribution in [-0.4, -0.2) is 35.1 Å². The van der Waals surface area contributed by atoms with Gasteiger partial charge in [0.2, 0.25) is 5.91 Å². The molecule has 1 N–H and O–H groups in total. The first kappa shape index (κ1) is 13.4. The van der Waals surface area contributed by atoms with Crippen LogP contribution in [0.4, 0.5) is 0 Å². The van der Waals surface area contributed by atoms with Crippen molar-refractivity contribution in [1.82, 2.24) is 4.90 Å². The average molecular weight is 201 g/mol. The van der Waals surface area contributed by atoms with Gasteiger partial charge in [-0.15, -0.1) is 0 Å². The van der Waals surface area contributed by atoms with Crippen molar-refractivity contribution in [3.63, 3.8) is 0 Å². The van der Waals surface area contributed by atoms with E-state index in [1.54, 1.807) is 0 Å². The Balaban J connectivity index is 3.91. The highest BCUT2D eigenvalue weighted by Crippen LogP contribution is 2.07. The van der Waals surface area contributed by atoms with E-state index in [4.69, 9.17) is 5.11 Å². The first-order chi connectivity index (χ1) is 6.67. The van der Waals surface area contributed by atoms with Crippen LogP contribution in [0.25, 0.3) is 0 Å². The summed E-state index contributed by atoms with van der Waals surface area (Å²) >= 11 is 0. The molecule has 3 nitrogen and oxygen atoms in total. The molecule has 3 heteroatoms. The van der Waals surface area contributed by atoms with Crippen LogP contribution in [0.2, 0.25) is 0 Å². The summed E-state index contributed by atoms with van der Waals surface area (Å²) < 4.78 is 0. The fourth-order valence-electron chi connectivity index (χ4n) is 1.49. The van der Waals surface area contributed by atoms with Crippen LogP contribution in [0, 0.1) is 0 Å². The van der Waals surface area contributed by atoms with Gasteiger partial charge < -0.3 is 10.0 Å². The summed E-state index contributed by atoms with van der Waals surface area (Å²) in [6.07, 6.45) is 3.09. The van der Waals surface area contributed by atoms with E-state index in [-0.39, 0.29) is 12.5 Å². The Hall–Kier alpha value is -0.570. The summed E-state index contributed by atoms with van der Waals surface area (Å²) in [5.41, 5.74) is 0. The van der Waals surface area contributed by atoms with E-state index in [9.17, 15) is 4.79 Å². The zero-order valence-electron chi connectivity index (χ0n) is 9.62. The van der Waals surface area contributed by atoms with E-state index in [1.807, 2.05) is 11.8 Å². The zero-order valence-corrected chi connectivity index (χ0v) is 9.62. The monoisotopic (exact) mass is 201 g/mol. The molecule has 1 unspecified atom stereocenters. The van der Waals surface area contributed by atoms with E-state index in [0.29, 0.717) is 12.5 Å². The van der Waals surface area contributed by atoms with Gasteiger partial charge in [0.25, 0.3) is 0 Å². The third kappa shape index (κ3) is 4.61. The van der Waals surface area contributed by atoms with E-state index >= 15 is 0 Å². The maximum absolute atomic E-state index is 11.7. The number of hydrogen-bond acceptors (Lipinski definition) is 2. The van der Waals surface area contributed by atoms with E-state index in [0.717, 1.165) is 25.8 Å². The SMILES string of the molecule is CCC(C)N(CC)C(=O)CCCCO. The predicted molar refractivity (Wildman–Crippen MR) is 58.1 cm³/mol. The van der Waals surface area contributed by atoms with Gasteiger partial charge in [-0.3, -0.25) is 4.79 Å². The zero-order chi connectivity index (χ0) is 11.0. The minimum Gasteiger partial charge on any atom is -0.396 e. The van der Waals surface area contributed by atoms with Crippen LogP contribution < -0.4 is 0 Å². The first-order valence-electron chi connectivity index (χ1n) is 5.57. The van der Waals surface area contributed by atoms with Gasteiger partial charge in [0.15, 0.2) is 0 Å². The van der Waals surface area contributed by atoms with E-state index < -0.39 is 0 Å². The molecule has 0 aliphatic carbocycles. The summed E-state index contributed by atoms with van der Waals surface area (Å²) in [7, 11) is 0. The minimum absolute atomic E-state index is 0.183. The molecule has 14 heavy (non-hydrogen) atoms. The van der Waals surface area contributed by atoms with Crippen LogP contribution in [0.15, 0.2) is 0 Å². The van der Waals surface area contributed by atoms with Gasteiger partial charge in [0.1, 0.15) is 0 Å². The average Bonchev–Trinajstić information content (AvgIpc) is 2.19. The third-order valence-corrected chi connectivity index (χ3v) is 2.58. The van der Waals surface area contributed by atoms with Crippen molar-refractivity contribution >= 4 is 5.91 Å². The van der Waals surface area contributed by atoms with Gasteiger partial charge in [-0.1, -0.05) is 6.92 Å². The highest BCUT2D eigenvalue weighted by Gasteiger charge is 2.15. The number of aliphatic hydroxyl groups excluding tert-OH is 1. The van der Waals surface area contributed by atoms with Crippen LogP contribution in [0.3, 0.4) is 0 Å². The highest BCUT2D eigenvalue weighted by atomic mass is 16.3. The Morgan fingerprint density at radius 3 is 2.43 bits per heavy atom. The standard InChI is InChI=1S/C11H23NO2/c1-4-10(3)12(5-2)11(14)8-6-7-9-13/h10,13H,4-9H2,1-3H3. The number of amides is 1. The number of carbonyl (C=O) groups is 1. The molecule has 0 bridgehead atoms. The molecule has 0 radical (unpaired) electrons. The summed E-state index contributed by atoms with van der Waals surface area (Å²) in [4.78, 5) is 13.6. The second kappa shape index (κ2) is 7.80. The van der Waals surface area contributed by atoms with E-state index in [1.165, 1.54) is 0 Å². The van der Waals surface area contributed by atoms with Crippen LogP contribution in [0.5, 0.6) is 0 Å². The molecule has 0 saturated heterocycles. The van der Waals surface area contributed by atoms with Crippen molar-refractivity contribution in [3.05, 3.63) is 0 Å². The van der Waals surface area contributed by atoms with Crippen molar-refractivity contribution in [3.8, 4) is 0 Å². The Bertz CT molecular complexity index is 159. The van der Waals surface area contributed by atoms with Gasteiger partial charge in [0, 0.05) is 25.6 Å². The lowest BCUT2D eigenvalue weighted by molar-refractivity contribution is -0.133. The molecular formula is C11H23NO2. The quantitative estimate of drug-likeness (QED) is 0.638. The number of hydrogen-bond donors (Lipinski definition) is 1. The summed E-state index contributed by atoms with van der Waals surface area (Å²) in [6, 6.07) is 0.335. The Morgan fingerprint density at radius 1 is 1.36 bits per heavy atom. The van der Waals surface area contributed by atoms with Crippen molar-refractivity contribution in [2.24, 2.45) is 0 Å². The van der Waals surface area contributed by atoms with Crippen LogP contribution in [0.1, 0.15) is 46.5 Å². The molecule has 0 spiro atoms. The number of nitrogens with zero attached hydrogens (tertiary/aromatic N) is 1. The van der Waals surface area contributed by atoms with Crippen molar-refractivity contribution < 1.29 is 9.90 Å². The van der Waals surface area contributed by atoms with Gasteiger partial charge in [-0.25, -0.2) is 0 Å². The molecule has 0 aromatic carbocycles. The molecule has 0 fully saturated rings. The van der Waals surface area contributed by atoms with Crippen molar-refractivity contribution in [1.29, 1.82) is 0 Å². The Labute approximate surface area is 87.1 Å². The van der Waals surface area contributed by atoms with E-state index in [2.05, 4.69) is 13.8 Å². The molecule has 0 saturated carbocycles. The maximum Gasteiger partial charge on any atom is 0.222 e. The van der Waals surface area contributed by atoms with Gasteiger partial charge >= 0.3 is 0 Å². The molecular weight excluding hydrogens is 178 g/mol.